The van der Waals surface area contributed by atoms with Gasteiger partial charge in [-0.05, 0) is 31.4 Å². The average Bonchev–Trinajstić information content (AvgIpc) is 2.91. The first-order valence-electron chi connectivity index (χ1n) is 6.85. The Balaban J connectivity index is 2.02. The molecule has 1 atom stereocenters. The highest BCUT2D eigenvalue weighted by atomic mass is 16.5. The van der Waals surface area contributed by atoms with Crippen LogP contribution in [0.15, 0.2) is 24.3 Å². The minimum atomic E-state index is -0.683. The second-order valence-electron chi connectivity index (χ2n) is 5.03. The number of carbonyl (C=O) groups is 1. The quantitative estimate of drug-likeness (QED) is 0.812. The molecule has 0 radical (unpaired) electrons. The van der Waals surface area contributed by atoms with Crippen LogP contribution in [0.4, 0.5) is 0 Å². The Morgan fingerprint density at radius 2 is 2.30 bits per heavy atom. The maximum absolute atomic E-state index is 12.2. The fourth-order valence-corrected chi connectivity index (χ4v) is 2.26. The highest BCUT2D eigenvalue weighted by Crippen LogP contribution is 2.25. The lowest BCUT2D eigenvalue weighted by molar-refractivity contribution is -0.139. The predicted molar refractivity (Wildman–Crippen MR) is 77.8 cm³/mol. The third-order valence-electron chi connectivity index (χ3n) is 3.48. The van der Waals surface area contributed by atoms with E-state index >= 15 is 0 Å². The van der Waals surface area contributed by atoms with E-state index in [1.54, 1.807) is 0 Å². The molecule has 0 bridgehead atoms. The van der Waals surface area contributed by atoms with Crippen LogP contribution in [0, 0.1) is 11.8 Å². The first kappa shape index (κ1) is 14.6. The predicted octanol–water partition coefficient (Wildman–Crippen LogP) is 1.18. The number of nitrogens with two attached hydrogens (primary N) is 1. The van der Waals surface area contributed by atoms with Gasteiger partial charge in [0.25, 0.3) is 5.91 Å². The fraction of sp³-hybridized carbons (Fsp3) is 0.438. The van der Waals surface area contributed by atoms with Gasteiger partial charge < -0.3 is 15.8 Å². The highest BCUT2D eigenvalue weighted by molar-refractivity contribution is 5.85. The van der Waals surface area contributed by atoms with Crippen molar-refractivity contribution in [3.8, 4) is 11.8 Å². The average molecular weight is 272 g/mol. The van der Waals surface area contributed by atoms with Crippen LogP contribution < -0.4 is 11.1 Å². The standard InChI is InChI=1S/C16H20N2O2/c1-16(9-5-11-20-16)15(19)18-12-14-7-3-2-6-13(14)8-4-10-17/h2-3,6-7H,5,9-12,17H2,1H3,(H,18,19). The maximum atomic E-state index is 12.2. The molecular formula is C16H20N2O2. The Bertz CT molecular complexity index is 537. The van der Waals surface area contributed by atoms with Crippen molar-refractivity contribution in [2.45, 2.75) is 31.9 Å². The van der Waals surface area contributed by atoms with Crippen LogP contribution in [0.25, 0.3) is 0 Å². The van der Waals surface area contributed by atoms with Crippen molar-refractivity contribution in [1.29, 1.82) is 0 Å². The molecule has 1 aliphatic rings. The fourth-order valence-electron chi connectivity index (χ4n) is 2.26. The lowest BCUT2D eigenvalue weighted by Gasteiger charge is -2.22. The summed E-state index contributed by atoms with van der Waals surface area (Å²) in [7, 11) is 0. The number of amides is 1. The summed E-state index contributed by atoms with van der Waals surface area (Å²) in [4.78, 5) is 12.2. The van der Waals surface area contributed by atoms with Gasteiger partial charge in [-0.15, -0.1) is 0 Å². The van der Waals surface area contributed by atoms with Crippen molar-refractivity contribution in [2.24, 2.45) is 5.73 Å². The zero-order valence-electron chi connectivity index (χ0n) is 11.7. The molecule has 2 rings (SSSR count). The normalized spacial score (nSPS) is 21.1. The molecule has 1 heterocycles. The number of hydrogen-bond acceptors (Lipinski definition) is 3. The molecule has 1 aromatic rings. The number of ether oxygens (including phenoxy) is 1. The van der Waals surface area contributed by atoms with Crippen molar-refractivity contribution in [2.75, 3.05) is 13.2 Å². The molecule has 1 saturated heterocycles. The van der Waals surface area contributed by atoms with Gasteiger partial charge >= 0.3 is 0 Å². The minimum Gasteiger partial charge on any atom is -0.365 e. The van der Waals surface area contributed by atoms with Gasteiger partial charge in [0.2, 0.25) is 0 Å². The molecule has 0 aliphatic carbocycles. The summed E-state index contributed by atoms with van der Waals surface area (Å²) in [5.74, 6) is 5.79. The Hall–Kier alpha value is -1.83. The highest BCUT2D eigenvalue weighted by Gasteiger charge is 2.37. The van der Waals surface area contributed by atoms with Crippen molar-refractivity contribution in [3.63, 3.8) is 0 Å². The first-order valence-corrected chi connectivity index (χ1v) is 6.85. The number of carbonyl (C=O) groups excluding carboxylic acids is 1. The van der Waals surface area contributed by atoms with E-state index in [0.717, 1.165) is 24.0 Å². The van der Waals surface area contributed by atoms with Gasteiger partial charge in [0.15, 0.2) is 0 Å². The summed E-state index contributed by atoms with van der Waals surface area (Å²) in [6.45, 7) is 3.28. The van der Waals surface area contributed by atoms with Gasteiger partial charge in [-0.25, -0.2) is 0 Å². The van der Waals surface area contributed by atoms with E-state index in [4.69, 9.17) is 10.5 Å². The Labute approximate surface area is 119 Å². The van der Waals surface area contributed by atoms with Crippen molar-refractivity contribution in [1.82, 2.24) is 5.32 Å². The zero-order valence-corrected chi connectivity index (χ0v) is 11.7. The van der Waals surface area contributed by atoms with Crippen LogP contribution in [-0.2, 0) is 16.1 Å². The van der Waals surface area contributed by atoms with E-state index in [-0.39, 0.29) is 5.91 Å². The van der Waals surface area contributed by atoms with Gasteiger partial charge in [-0.1, -0.05) is 30.0 Å². The SMILES string of the molecule is CC1(C(=O)NCc2ccccc2C#CCN)CCCO1. The zero-order chi connectivity index (χ0) is 14.4. The van der Waals surface area contributed by atoms with Crippen LogP contribution in [0.1, 0.15) is 30.9 Å². The van der Waals surface area contributed by atoms with Crippen LogP contribution in [0.2, 0.25) is 0 Å². The second kappa shape index (κ2) is 6.56. The van der Waals surface area contributed by atoms with Crippen molar-refractivity contribution in [3.05, 3.63) is 35.4 Å². The lowest BCUT2D eigenvalue weighted by atomic mass is 10.0. The van der Waals surface area contributed by atoms with E-state index in [2.05, 4.69) is 17.2 Å². The Morgan fingerprint density at radius 3 is 3.00 bits per heavy atom. The van der Waals surface area contributed by atoms with Crippen LogP contribution >= 0.6 is 0 Å². The number of benzene rings is 1. The van der Waals surface area contributed by atoms with Crippen LogP contribution in [0.3, 0.4) is 0 Å². The van der Waals surface area contributed by atoms with Gasteiger partial charge in [0, 0.05) is 18.7 Å². The maximum Gasteiger partial charge on any atom is 0.252 e. The van der Waals surface area contributed by atoms with E-state index in [0.29, 0.717) is 19.7 Å². The smallest absolute Gasteiger partial charge is 0.252 e. The number of hydrogen-bond donors (Lipinski definition) is 2. The number of nitrogens with one attached hydrogen (secondary N) is 1. The van der Waals surface area contributed by atoms with E-state index < -0.39 is 5.60 Å². The van der Waals surface area contributed by atoms with E-state index in [1.807, 2.05) is 31.2 Å². The Kier molecular flexibility index (Phi) is 4.78. The molecule has 1 fully saturated rings. The molecule has 0 aromatic heterocycles. The molecule has 0 spiro atoms. The molecule has 20 heavy (non-hydrogen) atoms. The molecule has 1 aliphatic heterocycles. The monoisotopic (exact) mass is 272 g/mol. The molecule has 106 valence electrons. The summed E-state index contributed by atoms with van der Waals surface area (Å²) in [6, 6.07) is 7.74. The molecule has 1 aromatic carbocycles. The summed E-state index contributed by atoms with van der Waals surface area (Å²) in [5, 5.41) is 2.94. The molecule has 4 heteroatoms. The molecule has 0 saturated carbocycles. The summed E-state index contributed by atoms with van der Waals surface area (Å²) in [6.07, 6.45) is 1.70. The Morgan fingerprint density at radius 1 is 1.50 bits per heavy atom. The van der Waals surface area contributed by atoms with Crippen molar-refractivity contribution < 1.29 is 9.53 Å². The summed E-state index contributed by atoms with van der Waals surface area (Å²) in [5.41, 5.74) is 6.59. The molecule has 1 unspecified atom stereocenters. The molecule has 3 N–H and O–H groups in total. The molecule has 4 nitrogen and oxygen atoms in total. The third-order valence-corrected chi connectivity index (χ3v) is 3.48. The van der Waals surface area contributed by atoms with Crippen molar-refractivity contribution >= 4 is 5.91 Å². The van der Waals surface area contributed by atoms with E-state index in [1.165, 1.54) is 0 Å². The largest absolute Gasteiger partial charge is 0.365 e. The van der Waals surface area contributed by atoms with Gasteiger partial charge in [-0.2, -0.15) is 0 Å². The molecular weight excluding hydrogens is 252 g/mol. The van der Waals surface area contributed by atoms with Gasteiger partial charge in [0.1, 0.15) is 5.60 Å². The van der Waals surface area contributed by atoms with Gasteiger partial charge in [0.05, 0.1) is 6.54 Å². The third kappa shape index (κ3) is 3.38. The topological polar surface area (TPSA) is 64.4 Å². The molecule has 1 amide bonds. The lowest BCUT2D eigenvalue weighted by Crippen LogP contribution is -2.43. The van der Waals surface area contributed by atoms with Crippen LogP contribution in [0.5, 0.6) is 0 Å². The van der Waals surface area contributed by atoms with Crippen LogP contribution in [-0.4, -0.2) is 24.7 Å². The number of rotatable bonds is 3. The van der Waals surface area contributed by atoms with Gasteiger partial charge in [-0.3, -0.25) is 4.79 Å². The first-order chi connectivity index (χ1) is 9.65. The summed E-state index contributed by atoms with van der Waals surface area (Å²) < 4.78 is 5.53. The second-order valence-corrected chi connectivity index (χ2v) is 5.03. The minimum absolute atomic E-state index is 0.0587. The van der Waals surface area contributed by atoms with E-state index in [9.17, 15) is 4.79 Å². The summed E-state index contributed by atoms with van der Waals surface area (Å²) >= 11 is 0.